The molecule has 1 fully saturated rings. The fourth-order valence-electron chi connectivity index (χ4n) is 6.36. The summed E-state index contributed by atoms with van der Waals surface area (Å²) in [5, 5.41) is 0.322. The van der Waals surface area contributed by atoms with Crippen molar-refractivity contribution in [3.05, 3.63) is 82.4 Å². The highest BCUT2D eigenvalue weighted by molar-refractivity contribution is 7.93. The van der Waals surface area contributed by atoms with E-state index in [1.807, 2.05) is 36.0 Å². The Bertz CT molecular complexity index is 1700. The van der Waals surface area contributed by atoms with E-state index in [-0.39, 0.29) is 16.5 Å². The molecule has 2 atom stereocenters. The second-order valence-electron chi connectivity index (χ2n) is 11.5. The molecule has 44 heavy (non-hydrogen) atoms. The standard InChI is InChI=1S/C32H37ClN4O6S/c1-34(2)20-21-9-16-29(43-6)26(18-21)32(36-17-7-8-28(36)30(38)35(3)4)25-19-22(33)10-15-27(25)37(31(32)39)44(40,41)24-13-11-23(42-5)12-14-24/h9-16,18-19,28H,7-8,17,20H2,1-6H3/t28-,32?/m0/s1. The van der Waals surface area contributed by atoms with Gasteiger partial charge in [-0.05, 0) is 87.1 Å². The van der Waals surface area contributed by atoms with Gasteiger partial charge in [-0.25, -0.2) is 12.7 Å². The zero-order chi connectivity index (χ0) is 32.0. The molecule has 0 aromatic heterocycles. The van der Waals surface area contributed by atoms with Crippen LogP contribution in [0.25, 0.3) is 0 Å². The highest BCUT2D eigenvalue weighted by Gasteiger charge is 2.63. The maximum atomic E-state index is 15.3. The normalized spacial score (nSPS) is 20.2. The number of anilines is 1. The maximum Gasteiger partial charge on any atom is 0.271 e. The van der Waals surface area contributed by atoms with Gasteiger partial charge < -0.3 is 19.3 Å². The summed E-state index contributed by atoms with van der Waals surface area (Å²) in [6.45, 7) is 0.914. The van der Waals surface area contributed by atoms with Crippen LogP contribution < -0.4 is 13.8 Å². The second kappa shape index (κ2) is 12.0. The quantitative estimate of drug-likeness (QED) is 0.347. The second-order valence-corrected chi connectivity index (χ2v) is 13.7. The van der Waals surface area contributed by atoms with Crippen LogP contribution in [-0.2, 0) is 31.7 Å². The molecule has 0 aliphatic carbocycles. The lowest BCUT2D eigenvalue weighted by Crippen LogP contribution is -2.59. The highest BCUT2D eigenvalue weighted by atomic mass is 35.5. The minimum Gasteiger partial charge on any atom is -0.497 e. The number of likely N-dealkylation sites (N-methyl/N-ethyl adjacent to an activating group) is 1. The van der Waals surface area contributed by atoms with Gasteiger partial charge in [0.2, 0.25) is 5.91 Å². The van der Waals surface area contributed by atoms with Crippen molar-refractivity contribution >= 4 is 39.1 Å². The van der Waals surface area contributed by atoms with Crippen LogP contribution in [0.15, 0.2) is 65.6 Å². The number of methoxy groups -OCH3 is 2. The molecule has 1 saturated heterocycles. The molecule has 0 saturated carbocycles. The monoisotopic (exact) mass is 640 g/mol. The van der Waals surface area contributed by atoms with E-state index >= 15 is 4.79 Å². The average molecular weight is 641 g/mol. The number of halogens is 1. The van der Waals surface area contributed by atoms with E-state index < -0.39 is 27.5 Å². The van der Waals surface area contributed by atoms with Crippen molar-refractivity contribution in [1.82, 2.24) is 14.7 Å². The van der Waals surface area contributed by atoms with Gasteiger partial charge in [0.25, 0.3) is 15.9 Å². The molecule has 0 spiro atoms. The van der Waals surface area contributed by atoms with Crippen LogP contribution in [0.5, 0.6) is 11.5 Å². The van der Waals surface area contributed by atoms with E-state index in [0.717, 1.165) is 9.87 Å². The van der Waals surface area contributed by atoms with Crippen molar-refractivity contribution in [2.24, 2.45) is 0 Å². The van der Waals surface area contributed by atoms with E-state index in [0.29, 0.717) is 53.6 Å². The molecule has 2 amide bonds. The zero-order valence-corrected chi connectivity index (χ0v) is 27.3. The molecule has 5 rings (SSSR count). The van der Waals surface area contributed by atoms with Gasteiger partial charge in [0, 0.05) is 43.3 Å². The van der Waals surface area contributed by atoms with Crippen LogP contribution in [0.1, 0.15) is 29.5 Å². The smallest absolute Gasteiger partial charge is 0.271 e. The predicted molar refractivity (Wildman–Crippen MR) is 169 cm³/mol. The molecule has 3 aromatic rings. The molecule has 10 nitrogen and oxygen atoms in total. The Morgan fingerprint density at radius 2 is 1.68 bits per heavy atom. The number of sulfonamides is 1. The molecule has 0 bridgehead atoms. The molecule has 0 radical (unpaired) electrons. The Morgan fingerprint density at radius 1 is 0.977 bits per heavy atom. The van der Waals surface area contributed by atoms with Crippen LogP contribution in [0.3, 0.4) is 0 Å². The summed E-state index contributed by atoms with van der Waals surface area (Å²) in [5.41, 5.74) is 0.107. The first kappa shape index (κ1) is 31.8. The van der Waals surface area contributed by atoms with Gasteiger partial charge in [-0.2, -0.15) is 0 Å². The van der Waals surface area contributed by atoms with Gasteiger partial charge in [0.15, 0.2) is 5.54 Å². The number of rotatable bonds is 9. The molecule has 12 heteroatoms. The van der Waals surface area contributed by atoms with Crippen molar-refractivity contribution < 1.29 is 27.5 Å². The van der Waals surface area contributed by atoms with Crippen LogP contribution in [-0.4, -0.2) is 89.9 Å². The fraction of sp³-hybridized carbons (Fsp3) is 0.375. The predicted octanol–water partition coefficient (Wildman–Crippen LogP) is 3.95. The fourth-order valence-corrected chi connectivity index (χ4v) is 7.99. The molecule has 2 aliphatic rings. The number of carbonyl (C=O) groups excluding carboxylic acids is 2. The summed E-state index contributed by atoms with van der Waals surface area (Å²) < 4.78 is 40.8. The summed E-state index contributed by atoms with van der Waals surface area (Å²) in [6.07, 6.45) is 1.12. The maximum absolute atomic E-state index is 15.3. The van der Waals surface area contributed by atoms with Gasteiger partial charge in [-0.1, -0.05) is 17.7 Å². The number of amides is 2. The number of carbonyl (C=O) groups is 2. The highest BCUT2D eigenvalue weighted by Crippen LogP contribution is 2.55. The van der Waals surface area contributed by atoms with Gasteiger partial charge in [-0.15, -0.1) is 0 Å². The van der Waals surface area contributed by atoms with E-state index in [4.69, 9.17) is 21.1 Å². The lowest BCUT2D eigenvalue weighted by atomic mass is 9.80. The number of benzene rings is 3. The minimum atomic E-state index is -4.44. The number of hydrogen-bond donors (Lipinski definition) is 0. The third-order valence-corrected chi connectivity index (χ3v) is 10.2. The first-order valence-corrected chi connectivity index (χ1v) is 16.0. The van der Waals surface area contributed by atoms with Gasteiger partial charge >= 0.3 is 0 Å². The van der Waals surface area contributed by atoms with Gasteiger partial charge in [-0.3, -0.25) is 14.5 Å². The van der Waals surface area contributed by atoms with Crippen molar-refractivity contribution in [3.8, 4) is 11.5 Å². The summed E-state index contributed by atoms with van der Waals surface area (Å²) in [7, 11) is 5.77. The van der Waals surface area contributed by atoms with Crippen molar-refractivity contribution in [1.29, 1.82) is 0 Å². The van der Waals surface area contributed by atoms with Gasteiger partial charge in [0.05, 0.1) is 30.8 Å². The molecule has 0 N–H and O–H groups in total. The van der Waals surface area contributed by atoms with Crippen molar-refractivity contribution in [2.75, 3.05) is 53.3 Å². The van der Waals surface area contributed by atoms with Crippen LogP contribution >= 0.6 is 11.6 Å². The molecule has 2 heterocycles. The molecule has 3 aromatic carbocycles. The molecule has 2 aliphatic heterocycles. The first-order valence-electron chi connectivity index (χ1n) is 14.2. The molecule has 1 unspecified atom stereocenters. The van der Waals surface area contributed by atoms with Crippen LogP contribution in [0.2, 0.25) is 5.02 Å². The number of likely N-dealkylation sites (tertiary alicyclic amines) is 1. The summed E-state index contributed by atoms with van der Waals surface area (Å²) in [6, 6.07) is 15.5. The Hall–Kier alpha value is -3.64. The molecular weight excluding hydrogens is 604 g/mol. The molecule has 234 valence electrons. The van der Waals surface area contributed by atoms with Crippen LogP contribution in [0, 0.1) is 0 Å². The summed E-state index contributed by atoms with van der Waals surface area (Å²) >= 11 is 6.60. The van der Waals surface area contributed by atoms with Crippen molar-refractivity contribution in [3.63, 3.8) is 0 Å². The lowest BCUT2D eigenvalue weighted by molar-refractivity contribution is -0.138. The Morgan fingerprint density at radius 3 is 2.30 bits per heavy atom. The average Bonchev–Trinajstić information content (AvgIpc) is 3.57. The number of hydrogen-bond acceptors (Lipinski definition) is 8. The third-order valence-electron chi connectivity index (χ3n) is 8.22. The van der Waals surface area contributed by atoms with E-state index in [9.17, 15) is 13.2 Å². The van der Waals surface area contributed by atoms with E-state index in [1.54, 1.807) is 38.4 Å². The third kappa shape index (κ3) is 5.11. The number of nitrogens with zero attached hydrogens (tertiary/aromatic N) is 4. The summed E-state index contributed by atoms with van der Waals surface area (Å²) in [5.74, 6) is -0.0522. The number of ether oxygens (including phenoxy) is 2. The van der Waals surface area contributed by atoms with Crippen molar-refractivity contribution in [2.45, 2.75) is 35.9 Å². The van der Waals surface area contributed by atoms with E-state index in [2.05, 4.69) is 0 Å². The lowest BCUT2D eigenvalue weighted by Gasteiger charge is -2.42. The number of fused-ring (bicyclic) bond motifs is 1. The zero-order valence-electron chi connectivity index (χ0n) is 25.7. The van der Waals surface area contributed by atoms with Crippen LogP contribution in [0.4, 0.5) is 5.69 Å². The van der Waals surface area contributed by atoms with E-state index in [1.165, 1.54) is 43.4 Å². The Labute approximate surface area is 263 Å². The minimum absolute atomic E-state index is 0.0842. The van der Waals surface area contributed by atoms with Gasteiger partial charge in [0.1, 0.15) is 11.5 Å². The largest absolute Gasteiger partial charge is 0.497 e. The first-order chi connectivity index (χ1) is 20.9. The topological polar surface area (TPSA) is 99.7 Å². The Kier molecular flexibility index (Phi) is 8.69. The Balaban J connectivity index is 1.86. The molecular formula is C32H37ClN4O6S. The summed E-state index contributed by atoms with van der Waals surface area (Å²) in [4.78, 5) is 34.2. The SMILES string of the molecule is COc1ccc(S(=O)(=O)N2C(=O)C(c3cc(CN(C)C)ccc3OC)(N3CCC[C@H]3C(=O)N(C)C)c3cc(Cl)ccc32)cc1.